The van der Waals surface area contributed by atoms with Gasteiger partial charge in [-0.25, -0.2) is 4.39 Å². The maximum absolute atomic E-state index is 16.6. The molecule has 0 radical (unpaired) electrons. The van der Waals surface area contributed by atoms with Gasteiger partial charge in [-0.2, -0.15) is 0 Å². The third-order valence-corrected chi connectivity index (χ3v) is 11.2. The summed E-state index contributed by atoms with van der Waals surface area (Å²) in [5.74, 6) is 0.632. The smallest absolute Gasteiger partial charge is 0.130 e. The SMILES string of the molecule is COc1ccc(Cc2cc(C3OC(COCc4ccccc4)C(OCc4ccccc4)C(OCc4ccccc4)C3OCc3ccccc3)c3c(c2F)CCC3)cc1. The number of rotatable bonds is 17. The summed E-state index contributed by atoms with van der Waals surface area (Å²) in [6, 6.07) is 50.5. The first-order valence-corrected chi connectivity index (χ1v) is 20.3. The van der Waals surface area contributed by atoms with Gasteiger partial charge >= 0.3 is 0 Å². The van der Waals surface area contributed by atoms with Gasteiger partial charge in [0.2, 0.25) is 0 Å². The Labute approximate surface area is 341 Å². The average molecular weight is 779 g/mol. The first-order valence-electron chi connectivity index (χ1n) is 20.3. The third kappa shape index (κ3) is 9.75. The summed E-state index contributed by atoms with van der Waals surface area (Å²) < 4.78 is 56.7. The van der Waals surface area contributed by atoms with Gasteiger partial charge in [-0.3, -0.25) is 0 Å². The van der Waals surface area contributed by atoms with Crippen LogP contribution in [0.1, 0.15) is 62.6 Å². The zero-order valence-corrected chi connectivity index (χ0v) is 33.0. The molecule has 298 valence electrons. The monoisotopic (exact) mass is 778 g/mol. The van der Waals surface area contributed by atoms with Gasteiger partial charge in [0.25, 0.3) is 0 Å². The highest BCUT2D eigenvalue weighted by Gasteiger charge is 2.50. The lowest BCUT2D eigenvalue weighted by Gasteiger charge is -2.47. The predicted octanol–water partition coefficient (Wildman–Crippen LogP) is 10.3. The van der Waals surface area contributed by atoms with Crippen molar-refractivity contribution >= 4 is 0 Å². The second kappa shape index (κ2) is 19.5. The molecule has 0 N–H and O–H groups in total. The van der Waals surface area contributed by atoms with Crippen LogP contribution in [-0.4, -0.2) is 38.1 Å². The fourth-order valence-corrected chi connectivity index (χ4v) is 8.22. The Balaban J connectivity index is 1.21. The first-order chi connectivity index (χ1) is 28.6. The molecule has 8 rings (SSSR count). The van der Waals surface area contributed by atoms with E-state index in [2.05, 4.69) is 48.5 Å². The van der Waals surface area contributed by atoms with Crippen molar-refractivity contribution in [1.82, 2.24) is 0 Å². The first kappa shape index (κ1) is 39.7. The van der Waals surface area contributed by atoms with E-state index in [0.717, 1.165) is 63.1 Å². The molecular weight excluding hydrogens is 728 g/mol. The van der Waals surface area contributed by atoms with Crippen LogP contribution in [0.3, 0.4) is 0 Å². The minimum Gasteiger partial charge on any atom is -0.497 e. The van der Waals surface area contributed by atoms with Crippen LogP contribution in [-0.2, 0) is 69.4 Å². The van der Waals surface area contributed by atoms with E-state index in [4.69, 9.17) is 28.4 Å². The van der Waals surface area contributed by atoms with Gasteiger partial charge in [0.15, 0.2) is 0 Å². The third-order valence-electron chi connectivity index (χ3n) is 11.2. The summed E-state index contributed by atoms with van der Waals surface area (Å²) in [4.78, 5) is 0. The fraction of sp³-hybridized carbons (Fsp3) is 0.294. The van der Waals surface area contributed by atoms with Crippen molar-refractivity contribution in [3.05, 3.63) is 208 Å². The maximum Gasteiger partial charge on any atom is 0.130 e. The lowest BCUT2D eigenvalue weighted by atomic mass is 9.85. The summed E-state index contributed by atoms with van der Waals surface area (Å²) in [7, 11) is 1.65. The largest absolute Gasteiger partial charge is 0.497 e. The maximum atomic E-state index is 16.6. The number of fused-ring (bicyclic) bond motifs is 1. The van der Waals surface area contributed by atoms with Gasteiger partial charge in [0, 0.05) is 6.42 Å². The molecule has 0 bridgehead atoms. The fourth-order valence-electron chi connectivity index (χ4n) is 8.22. The van der Waals surface area contributed by atoms with E-state index in [-0.39, 0.29) is 12.4 Å². The number of methoxy groups -OCH3 is 1. The highest BCUT2D eigenvalue weighted by atomic mass is 19.1. The van der Waals surface area contributed by atoms with Gasteiger partial charge in [-0.05, 0) is 87.5 Å². The van der Waals surface area contributed by atoms with Crippen LogP contribution in [0.15, 0.2) is 152 Å². The molecule has 6 aromatic rings. The number of benzene rings is 6. The van der Waals surface area contributed by atoms with Crippen molar-refractivity contribution in [3.63, 3.8) is 0 Å². The Morgan fingerprint density at radius 1 is 0.552 bits per heavy atom. The van der Waals surface area contributed by atoms with Crippen molar-refractivity contribution in [2.75, 3.05) is 13.7 Å². The second-order valence-corrected chi connectivity index (χ2v) is 15.2. The van der Waals surface area contributed by atoms with Gasteiger partial charge in [0.1, 0.15) is 42.1 Å². The summed E-state index contributed by atoms with van der Waals surface area (Å²) in [5, 5.41) is 0. The summed E-state index contributed by atoms with van der Waals surface area (Å²) in [6.07, 6.45) is -0.170. The van der Waals surface area contributed by atoms with Crippen LogP contribution in [0.4, 0.5) is 4.39 Å². The Kier molecular flexibility index (Phi) is 13.4. The molecular formula is C51H51FO6. The van der Waals surface area contributed by atoms with Gasteiger partial charge in [0.05, 0.1) is 40.1 Å². The van der Waals surface area contributed by atoms with Gasteiger partial charge in [-0.15, -0.1) is 0 Å². The molecule has 1 heterocycles. The lowest BCUT2D eigenvalue weighted by molar-refractivity contribution is -0.275. The minimum atomic E-state index is -0.612. The van der Waals surface area contributed by atoms with Crippen LogP contribution in [0.25, 0.3) is 0 Å². The van der Waals surface area contributed by atoms with E-state index >= 15 is 4.39 Å². The zero-order chi connectivity index (χ0) is 39.5. The van der Waals surface area contributed by atoms with E-state index in [1.165, 1.54) is 0 Å². The Morgan fingerprint density at radius 3 is 1.60 bits per heavy atom. The van der Waals surface area contributed by atoms with E-state index in [9.17, 15) is 0 Å². The highest BCUT2D eigenvalue weighted by molar-refractivity contribution is 5.47. The molecule has 1 fully saturated rings. The van der Waals surface area contributed by atoms with E-state index < -0.39 is 30.5 Å². The molecule has 0 aromatic heterocycles. The highest BCUT2D eigenvalue weighted by Crippen LogP contribution is 2.43. The van der Waals surface area contributed by atoms with Crippen LogP contribution >= 0.6 is 0 Å². The summed E-state index contributed by atoms with van der Waals surface area (Å²) >= 11 is 0. The molecule has 5 atom stereocenters. The number of halogens is 1. The van der Waals surface area contributed by atoms with Crippen LogP contribution in [0.5, 0.6) is 5.75 Å². The van der Waals surface area contributed by atoms with Crippen molar-refractivity contribution in [1.29, 1.82) is 0 Å². The summed E-state index contributed by atoms with van der Waals surface area (Å²) in [6.45, 7) is 1.70. The molecule has 0 saturated carbocycles. The molecule has 1 saturated heterocycles. The normalized spacial score (nSPS) is 20.1. The molecule has 1 aliphatic carbocycles. The Hall–Kier alpha value is -5.15. The van der Waals surface area contributed by atoms with E-state index in [1.807, 2.05) is 103 Å². The van der Waals surface area contributed by atoms with E-state index in [1.54, 1.807) is 7.11 Å². The number of hydrogen-bond acceptors (Lipinski definition) is 6. The molecule has 2 aliphatic rings. The van der Waals surface area contributed by atoms with Gasteiger partial charge < -0.3 is 28.4 Å². The number of hydrogen-bond donors (Lipinski definition) is 0. The quantitative estimate of drug-likeness (QED) is 0.0919. The Bertz CT molecular complexity index is 2160. The predicted molar refractivity (Wildman–Crippen MR) is 223 cm³/mol. The van der Waals surface area contributed by atoms with E-state index in [0.29, 0.717) is 44.8 Å². The molecule has 6 aromatic carbocycles. The standard InChI is InChI=1S/C51H51FO6/c1-53-42-27-25-36(26-28-42)29-41-30-45(43-23-14-24-44(43)47(41)52)48-50(56-33-39-19-10-4-11-20-39)51(57-34-40-21-12-5-13-22-40)49(55-32-38-17-8-3-9-18-38)46(58-48)35-54-31-37-15-6-2-7-16-37/h2-13,15-22,25-28,30,46,48-51H,14,23-24,29,31-35H2,1H3. The van der Waals surface area contributed by atoms with Crippen molar-refractivity contribution in [2.45, 2.75) is 82.6 Å². The van der Waals surface area contributed by atoms with Gasteiger partial charge in [-0.1, -0.05) is 133 Å². The molecule has 6 nitrogen and oxygen atoms in total. The molecule has 0 amide bonds. The molecule has 58 heavy (non-hydrogen) atoms. The van der Waals surface area contributed by atoms with Crippen molar-refractivity contribution in [2.24, 2.45) is 0 Å². The molecule has 5 unspecified atom stereocenters. The number of ether oxygens (including phenoxy) is 6. The van der Waals surface area contributed by atoms with Crippen LogP contribution in [0, 0.1) is 5.82 Å². The second-order valence-electron chi connectivity index (χ2n) is 15.2. The van der Waals surface area contributed by atoms with Crippen molar-refractivity contribution in [3.8, 4) is 5.75 Å². The Morgan fingerprint density at radius 2 is 1.05 bits per heavy atom. The average Bonchev–Trinajstić information content (AvgIpc) is 3.78. The lowest BCUT2D eigenvalue weighted by Crippen LogP contribution is -2.58. The summed E-state index contributed by atoms with van der Waals surface area (Å²) in [5.41, 5.74) is 8.52. The van der Waals surface area contributed by atoms with Crippen LogP contribution in [0.2, 0.25) is 0 Å². The molecule has 7 heteroatoms. The van der Waals surface area contributed by atoms with Crippen molar-refractivity contribution < 1.29 is 32.8 Å². The zero-order valence-electron chi connectivity index (χ0n) is 33.0. The molecule has 1 aliphatic heterocycles. The topological polar surface area (TPSA) is 55.4 Å². The molecule has 0 spiro atoms. The van der Waals surface area contributed by atoms with Crippen LogP contribution < -0.4 is 4.74 Å². The minimum absolute atomic E-state index is 0.131.